The molecule has 146 valence electrons. The van der Waals surface area contributed by atoms with Crippen molar-refractivity contribution in [3.8, 4) is 0 Å². The first-order valence-electron chi connectivity index (χ1n) is 9.50. The molecule has 0 bridgehead atoms. The lowest BCUT2D eigenvalue weighted by Crippen LogP contribution is -2.20. The maximum atomic E-state index is 12.3. The molecule has 0 saturated carbocycles. The Morgan fingerprint density at radius 1 is 1.18 bits per heavy atom. The smallest absolute Gasteiger partial charge is 0.252 e. The SMILES string of the molecule is CCCCCn1c(=O)ccc2cnc(Nc3ccc(NC(C)=O)c(C)c3)nc21. The van der Waals surface area contributed by atoms with E-state index < -0.39 is 0 Å². The van der Waals surface area contributed by atoms with E-state index in [9.17, 15) is 9.59 Å². The summed E-state index contributed by atoms with van der Waals surface area (Å²) < 4.78 is 1.71. The van der Waals surface area contributed by atoms with Crippen molar-refractivity contribution in [2.45, 2.75) is 46.6 Å². The van der Waals surface area contributed by atoms with Crippen molar-refractivity contribution in [1.29, 1.82) is 0 Å². The number of unbranched alkanes of at least 4 members (excludes halogenated alkanes) is 2. The number of fused-ring (bicyclic) bond motifs is 1. The zero-order valence-corrected chi connectivity index (χ0v) is 16.5. The van der Waals surface area contributed by atoms with Gasteiger partial charge in [-0.3, -0.25) is 14.2 Å². The van der Waals surface area contributed by atoms with E-state index in [4.69, 9.17) is 0 Å². The Labute approximate surface area is 163 Å². The second-order valence-electron chi connectivity index (χ2n) is 6.84. The lowest BCUT2D eigenvalue weighted by molar-refractivity contribution is -0.114. The Morgan fingerprint density at radius 2 is 2.00 bits per heavy atom. The Morgan fingerprint density at radius 3 is 2.71 bits per heavy atom. The molecule has 0 saturated heterocycles. The van der Waals surface area contributed by atoms with Gasteiger partial charge in [-0.05, 0) is 43.2 Å². The first kappa shape index (κ1) is 19.5. The van der Waals surface area contributed by atoms with Gasteiger partial charge in [0.1, 0.15) is 5.65 Å². The third-order valence-corrected chi connectivity index (χ3v) is 4.50. The number of anilines is 3. The predicted molar refractivity (Wildman–Crippen MR) is 112 cm³/mol. The molecule has 28 heavy (non-hydrogen) atoms. The van der Waals surface area contributed by atoms with Crippen molar-refractivity contribution < 1.29 is 4.79 Å². The van der Waals surface area contributed by atoms with Gasteiger partial charge in [-0.15, -0.1) is 0 Å². The molecule has 0 atom stereocenters. The molecule has 0 aliphatic carbocycles. The highest BCUT2D eigenvalue weighted by Crippen LogP contribution is 2.22. The molecule has 2 aromatic heterocycles. The number of carbonyl (C=O) groups is 1. The van der Waals surface area contributed by atoms with Crippen molar-refractivity contribution in [3.63, 3.8) is 0 Å². The van der Waals surface area contributed by atoms with Crippen LogP contribution in [0.1, 0.15) is 38.7 Å². The van der Waals surface area contributed by atoms with Gasteiger partial charge in [0.05, 0.1) is 0 Å². The third-order valence-electron chi connectivity index (χ3n) is 4.50. The van der Waals surface area contributed by atoms with E-state index in [0.29, 0.717) is 18.1 Å². The van der Waals surface area contributed by atoms with Crippen LogP contribution in [0.25, 0.3) is 11.0 Å². The molecule has 3 rings (SSSR count). The largest absolute Gasteiger partial charge is 0.326 e. The van der Waals surface area contributed by atoms with E-state index in [0.717, 1.165) is 41.6 Å². The Kier molecular flexibility index (Phi) is 6.03. The number of amides is 1. The molecule has 3 aromatic rings. The summed E-state index contributed by atoms with van der Waals surface area (Å²) in [5.74, 6) is 0.316. The first-order valence-corrected chi connectivity index (χ1v) is 9.50. The summed E-state index contributed by atoms with van der Waals surface area (Å²) in [5, 5.41) is 6.80. The van der Waals surface area contributed by atoms with E-state index in [1.807, 2.05) is 25.1 Å². The van der Waals surface area contributed by atoms with Crippen LogP contribution in [0.5, 0.6) is 0 Å². The van der Waals surface area contributed by atoms with E-state index in [2.05, 4.69) is 27.5 Å². The van der Waals surface area contributed by atoms with E-state index in [1.54, 1.807) is 22.9 Å². The fraction of sp³-hybridized carbons (Fsp3) is 0.333. The number of rotatable bonds is 7. The normalized spacial score (nSPS) is 10.8. The van der Waals surface area contributed by atoms with Gasteiger partial charge in [-0.25, -0.2) is 4.98 Å². The van der Waals surface area contributed by atoms with E-state index >= 15 is 0 Å². The number of nitrogens with zero attached hydrogens (tertiary/aromatic N) is 3. The molecule has 7 heteroatoms. The maximum absolute atomic E-state index is 12.3. The summed E-state index contributed by atoms with van der Waals surface area (Å²) in [7, 11) is 0. The molecule has 1 aromatic carbocycles. The fourth-order valence-electron chi connectivity index (χ4n) is 3.07. The van der Waals surface area contributed by atoms with Crippen LogP contribution in [0, 0.1) is 6.92 Å². The summed E-state index contributed by atoms with van der Waals surface area (Å²) >= 11 is 0. The number of aromatic nitrogens is 3. The second kappa shape index (κ2) is 8.65. The van der Waals surface area contributed by atoms with Crippen molar-refractivity contribution in [3.05, 3.63) is 52.4 Å². The van der Waals surface area contributed by atoms with Crippen molar-refractivity contribution in [1.82, 2.24) is 14.5 Å². The number of hydrogen-bond donors (Lipinski definition) is 2. The van der Waals surface area contributed by atoms with Gasteiger partial charge in [0.2, 0.25) is 11.9 Å². The molecule has 7 nitrogen and oxygen atoms in total. The summed E-state index contributed by atoms with van der Waals surface area (Å²) in [6, 6.07) is 8.92. The number of aryl methyl sites for hydroxylation is 2. The van der Waals surface area contributed by atoms with Crippen LogP contribution < -0.4 is 16.2 Å². The molecule has 2 N–H and O–H groups in total. The number of benzene rings is 1. The second-order valence-corrected chi connectivity index (χ2v) is 6.84. The molecule has 0 aliphatic heterocycles. The molecular formula is C21H25N5O2. The van der Waals surface area contributed by atoms with Crippen LogP contribution in [0.4, 0.5) is 17.3 Å². The Bertz CT molecular complexity index is 1060. The first-order chi connectivity index (χ1) is 13.5. The van der Waals surface area contributed by atoms with Crippen molar-refractivity contribution in [2.24, 2.45) is 0 Å². The minimum absolute atomic E-state index is 0.0521. The van der Waals surface area contributed by atoms with Gasteiger partial charge in [0.15, 0.2) is 0 Å². The minimum atomic E-state index is -0.109. The van der Waals surface area contributed by atoms with Crippen LogP contribution in [0.2, 0.25) is 0 Å². The molecular weight excluding hydrogens is 354 g/mol. The average Bonchev–Trinajstić information content (AvgIpc) is 2.65. The summed E-state index contributed by atoms with van der Waals surface area (Å²) in [4.78, 5) is 32.5. The highest BCUT2D eigenvalue weighted by molar-refractivity contribution is 5.89. The third kappa shape index (κ3) is 4.54. The standard InChI is InChI=1S/C21H25N5O2/c1-4-5-6-11-26-19(28)10-7-16-13-22-21(25-20(16)26)24-17-8-9-18(14(2)12-17)23-15(3)27/h7-10,12-13H,4-6,11H2,1-3H3,(H,23,27)(H,22,24,25). The van der Waals surface area contributed by atoms with Gasteiger partial charge in [0.25, 0.3) is 5.56 Å². The maximum Gasteiger partial charge on any atom is 0.252 e. The number of carbonyl (C=O) groups excluding carboxylic acids is 1. The lowest BCUT2D eigenvalue weighted by Gasteiger charge is -2.12. The Balaban J connectivity index is 1.89. The molecule has 2 heterocycles. The topological polar surface area (TPSA) is 88.9 Å². The summed E-state index contributed by atoms with van der Waals surface area (Å²) in [6.45, 7) is 6.18. The zero-order valence-electron chi connectivity index (χ0n) is 16.5. The number of hydrogen-bond acceptors (Lipinski definition) is 5. The van der Waals surface area contributed by atoms with Gasteiger partial charge >= 0.3 is 0 Å². The van der Waals surface area contributed by atoms with Crippen LogP contribution >= 0.6 is 0 Å². The summed E-state index contributed by atoms with van der Waals surface area (Å²) in [6.07, 6.45) is 4.82. The van der Waals surface area contributed by atoms with Crippen LogP contribution in [0.15, 0.2) is 41.3 Å². The number of nitrogens with one attached hydrogen (secondary N) is 2. The average molecular weight is 379 g/mol. The van der Waals surface area contributed by atoms with Crippen LogP contribution in [-0.2, 0) is 11.3 Å². The highest BCUT2D eigenvalue weighted by Gasteiger charge is 2.08. The Hall–Kier alpha value is -3.22. The molecule has 0 unspecified atom stereocenters. The summed E-state index contributed by atoms with van der Waals surface area (Å²) in [5.41, 5.74) is 3.08. The highest BCUT2D eigenvalue weighted by atomic mass is 16.1. The quantitative estimate of drug-likeness (QED) is 0.606. The predicted octanol–water partition coefficient (Wildman–Crippen LogP) is 3.99. The molecule has 0 fully saturated rings. The van der Waals surface area contributed by atoms with Crippen LogP contribution in [0.3, 0.4) is 0 Å². The molecule has 1 amide bonds. The molecule has 0 aliphatic rings. The van der Waals surface area contributed by atoms with Crippen molar-refractivity contribution in [2.75, 3.05) is 10.6 Å². The zero-order chi connectivity index (χ0) is 20.1. The minimum Gasteiger partial charge on any atom is -0.326 e. The van der Waals surface area contributed by atoms with E-state index in [1.165, 1.54) is 6.92 Å². The van der Waals surface area contributed by atoms with Gasteiger partial charge in [-0.2, -0.15) is 4.98 Å². The molecule has 0 radical (unpaired) electrons. The lowest BCUT2D eigenvalue weighted by atomic mass is 10.1. The molecule has 0 spiro atoms. The fourth-order valence-corrected chi connectivity index (χ4v) is 3.07. The monoisotopic (exact) mass is 379 g/mol. The van der Waals surface area contributed by atoms with Gasteiger partial charge in [0, 0.05) is 42.5 Å². The number of pyridine rings is 1. The van der Waals surface area contributed by atoms with Crippen molar-refractivity contribution >= 4 is 34.3 Å². The van der Waals surface area contributed by atoms with Gasteiger partial charge < -0.3 is 10.6 Å². The van der Waals surface area contributed by atoms with Crippen LogP contribution in [-0.4, -0.2) is 20.4 Å². The van der Waals surface area contributed by atoms with Gasteiger partial charge in [-0.1, -0.05) is 19.8 Å². The van der Waals surface area contributed by atoms with E-state index in [-0.39, 0.29) is 11.5 Å².